The molecule has 15 heteroatoms. The summed E-state index contributed by atoms with van der Waals surface area (Å²) in [6.07, 6.45) is 3.74. The fourth-order valence-electron chi connectivity index (χ4n) is 4.43. The maximum absolute atomic E-state index is 10.6. The Morgan fingerprint density at radius 3 is 1.46 bits per heavy atom. The first-order valence-corrected chi connectivity index (χ1v) is 13.7. The molecule has 0 aliphatic carbocycles. The van der Waals surface area contributed by atoms with Crippen LogP contribution in [0.4, 0.5) is 11.4 Å². The van der Waals surface area contributed by atoms with Gasteiger partial charge in [0.15, 0.2) is 0 Å². The van der Waals surface area contributed by atoms with Crippen LogP contribution in [0.1, 0.15) is 36.8 Å². The van der Waals surface area contributed by atoms with Crippen molar-refractivity contribution in [1.82, 2.24) is 9.80 Å². The summed E-state index contributed by atoms with van der Waals surface area (Å²) in [6, 6.07) is 16.1. The fraction of sp³-hybridized carbons (Fsp3) is 0.538. The fourth-order valence-corrected chi connectivity index (χ4v) is 4.43. The van der Waals surface area contributed by atoms with Crippen LogP contribution in [-0.2, 0) is 22.6 Å². The van der Waals surface area contributed by atoms with Crippen molar-refractivity contribution in [1.29, 1.82) is 0 Å². The Bertz CT molecular complexity index is 947. The molecule has 2 aliphatic rings. The standard InChI is InChI=1S/C13H18N2O3.C13H20N2O.B4.B3/c1-14(12-6-8-18-9-7-12)10-11-2-4-13(5-3-11)15(16)17;1-15(13-6-8-16-9-7-13)10-11-2-4-12(14)5-3-11;1-4(2)3;1-3-2/h2-5,12H,6-10H2,1H3;2-5,13H,6-10,14H2,1H3;;. The van der Waals surface area contributed by atoms with E-state index in [4.69, 9.17) is 15.2 Å². The van der Waals surface area contributed by atoms with Crippen LogP contribution >= 0.6 is 0 Å². The van der Waals surface area contributed by atoms with Crippen LogP contribution in [0.2, 0.25) is 0 Å². The summed E-state index contributed by atoms with van der Waals surface area (Å²) in [5, 5.41) is 10.6. The molecule has 2 N–H and O–H groups in total. The minimum Gasteiger partial charge on any atom is -0.399 e. The summed E-state index contributed by atoms with van der Waals surface area (Å²) in [5.74, 6) is 0. The quantitative estimate of drug-likeness (QED) is 0.243. The number of nitro groups is 1. The number of anilines is 1. The van der Waals surface area contributed by atoms with E-state index in [1.165, 1.54) is 5.56 Å². The number of non-ortho nitro benzene ring substituents is 1. The number of nitrogen functional groups attached to an aromatic ring is 1. The molecule has 207 valence electrons. The molecule has 0 atom stereocenters. The Kier molecular flexibility index (Phi) is 19.5. The second-order valence-corrected chi connectivity index (χ2v) is 9.95. The first kappa shape index (κ1) is 37.0. The zero-order valence-corrected chi connectivity index (χ0v) is 24.4. The lowest BCUT2D eigenvalue weighted by Crippen LogP contribution is -2.36. The monoisotopic (exact) mass is 547 g/mol. The van der Waals surface area contributed by atoms with Gasteiger partial charge in [0.2, 0.25) is 0 Å². The SMILES string of the molecule is CN(Cc1ccc(N)cc1)C1CCOCC1.CN(Cc1ccc([N+](=O)[O-])cc1)C1CCOCC1.[B]B([B])[B].[B][B][B]. The highest BCUT2D eigenvalue weighted by atomic mass is 16.6. The van der Waals surface area contributed by atoms with Gasteiger partial charge in [0.1, 0.15) is 0 Å². The second kappa shape index (κ2) is 21.6. The van der Waals surface area contributed by atoms with E-state index in [0.29, 0.717) is 12.1 Å². The van der Waals surface area contributed by atoms with Crippen molar-refractivity contribution in [2.45, 2.75) is 50.9 Å². The van der Waals surface area contributed by atoms with Crippen molar-refractivity contribution in [3.05, 3.63) is 69.8 Å². The molecule has 41 heavy (non-hydrogen) atoms. The van der Waals surface area contributed by atoms with Gasteiger partial charge in [0.05, 0.1) is 4.92 Å². The van der Waals surface area contributed by atoms with Gasteiger partial charge in [-0.25, -0.2) is 0 Å². The maximum atomic E-state index is 10.6. The summed E-state index contributed by atoms with van der Waals surface area (Å²) < 4.78 is 10.7. The smallest absolute Gasteiger partial charge is 0.269 e. The third-order valence-corrected chi connectivity index (χ3v) is 6.62. The van der Waals surface area contributed by atoms with E-state index in [1.54, 1.807) is 12.1 Å². The first-order valence-electron chi connectivity index (χ1n) is 13.7. The summed E-state index contributed by atoms with van der Waals surface area (Å²) in [4.78, 5) is 14.9. The predicted octanol–water partition coefficient (Wildman–Crippen LogP) is 1.42. The van der Waals surface area contributed by atoms with E-state index >= 15 is 0 Å². The number of nitro benzene ring substituents is 1. The van der Waals surface area contributed by atoms with E-state index in [0.717, 1.165) is 83.5 Å². The van der Waals surface area contributed by atoms with E-state index in [2.05, 4.69) is 74.7 Å². The molecule has 2 saturated heterocycles. The molecule has 2 aliphatic heterocycles. The molecule has 11 radical (unpaired) electrons. The van der Waals surface area contributed by atoms with Gasteiger partial charge in [-0.2, -0.15) is 0 Å². The highest BCUT2D eigenvalue weighted by molar-refractivity contribution is 7.49. The lowest BCUT2D eigenvalue weighted by Gasteiger charge is -2.31. The Morgan fingerprint density at radius 2 is 1.15 bits per heavy atom. The zero-order valence-electron chi connectivity index (χ0n) is 24.4. The largest absolute Gasteiger partial charge is 0.399 e. The number of rotatable bonds is 7. The van der Waals surface area contributed by atoms with Gasteiger partial charge in [-0.3, -0.25) is 19.9 Å². The lowest BCUT2D eigenvalue weighted by molar-refractivity contribution is -0.384. The van der Waals surface area contributed by atoms with Crippen LogP contribution in [0, 0.1) is 10.1 Å². The predicted molar refractivity (Wildman–Crippen MR) is 175 cm³/mol. The second-order valence-electron chi connectivity index (χ2n) is 9.95. The molecule has 0 spiro atoms. The molecule has 0 unspecified atom stereocenters. The minimum atomic E-state index is -0.667. The lowest BCUT2D eigenvalue weighted by atomic mass is 9.08. The van der Waals surface area contributed by atoms with Gasteiger partial charge in [0, 0.05) is 122 Å². The van der Waals surface area contributed by atoms with Gasteiger partial charge < -0.3 is 15.2 Å². The Morgan fingerprint density at radius 1 is 0.829 bits per heavy atom. The molecule has 2 aromatic carbocycles. The Labute approximate surface area is 254 Å². The molecule has 4 rings (SSSR count). The van der Waals surface area contributed by atoms with E-state index in [1.807, 2.05) is 24.3 Å². The molecule has 0 saturated carbocycles. The molecule has 2 heterocycles. The van der Waals surface area contributed by atoms with Crippen LogP contribution in [0.3, 0.4) is 0 Å². The Hall–Kier alpha value is -2.07. The number of hydrogen-bond acceptors (Lipinski definition) is 7. The molecule has 8 nitrogen and oxygen atoms in total. The number of benzene rings is 2. The minimum absolute atomic E-state index is 0.146. The van der Waals surface area contributed by atoms with Crippen molar-refractivity contribution in [2.24, 2.45) is 0 Å². The third-order valence-electron chi connectivity index (χ3n) is 6.62. The number of hydrogen-bond donors (Lipinski definition) is 1. The van der Waals surface area contributed by atoms with Gasteiger partial charge in [0.25, 0.3) is 5.69 Å². The van der Waals surface area contributed by atoms with Crippen molar-refractivity contribution in [2.75, 3.05) is 46.3 Å². The molecular weight excluding hydrogens is 508 g/mol. The van der Waals surface area contributed by atoms with E-state index in [-0.39, 0.29) is 10.6 Å². The molecule has 0 bridgehead atoms. The first-order chi connectivity index (χ1) is 19.6. The van der Waals surface area contributed by atoms with Crippen LogP contribution in [0.15, 0.2) is 48.5 Å². The van der Waals surface area contributed by atoms with Crippen LogP contribution in [0.5, 0.6) is 0 Å². The molecule has 2 aromatic rings. The highest BCUT2D eigenvalue weighted by Crippen LogP contribution is 2.18. The topological polar surface area (TPSA) is 94.1 Å². The average molecular weight is 546 g/mol. The summed E-state index contributed by atoms with van der Waals surface area (Å²) >= 11 is 0. The van der Waals surface area contributed by atoms with Crippen LogP contribution in [-0.4, -0.2) is 119 Å². The summed E-state index contributed by atoms with van der Waals surface area (Å²) in [7, 11) is 28.3. The van der Waals surface area contributed by atoms with Crippen molar-refractivity contribution in [3.63, 3.8) is 0 Å². The normalized spacial score (nSPS) is 15.3. The Balaban J connectivity index is 0.000000336. The molecule has 0 aromatic heterocycles. The summed E-state index contributed by atoms with van der Waals surface area (Å²) in [5.41, 5.74) is 9.08. The van der Waals surface area contributed by atoms with E-state index < -0.39 is 6.39 Å². The maximum Gasteiger partial charge on any atom is 0.269 e. The third kappa shape index (κ3) is 16.8. The van der Waals surface area contributed by atoms with Gasteiger partial charge in [-0.1, -0.05) is 24.3 Å². The zero-order chi connectivity index (χ0) is 30.6. The van der Waals surface area contributed by atoms with Crippen LogP contribution < -0.4 is 5.73 Å². The molecule has 2 fully saturated rings. The van der Waals surface area contributed by atoms with Gasteiger partial charge >= 0.3 is 0 Å². The highest BCUT2D eigenvalue weighted by Gasteiger charge is 2.19. The number of nitrogens with zero attached hydrogens (tertiary/aromatic N) is 3. The average Bonchev–Trinajstić information content (AvgIpc) is 2.96. The number of nitrogens with two attached hydrogens (primary N) is 1. The summed E-state index contributed by atoms with van der Waals surface area (Å²) in [6.45, 7) is 5.27. The van der Waals surface area contributed by atoms with Gasteiger partial charge in [-0.05, 0) is 63.0 Å². The van der Waals surface area contributed by atoms with Crippen LogP contribution in [0.25, 0.3) is 0 Å². The van der Waals surface area contributed by atoms with Gasteiger partial charge in [-0.15, -0.1) is 0 Å². The van der Waals surface area contributed by atoms with Crippen molar-refractivity contribution >= 4 is 63.5 Å². The van der Waals surface area contributed by atoms with Crippen molar-refractivity contribution < 1.29 is 14.4 Å². The molecule has 0 amide bonds. The van der Waals surface area contributed by atoms with Crippen molar-refractivity contribution in [3.8, 4) is 0 Å². The number of ether oxygens (including phenoxy) is 2. The molecular formula is C26H38B7N4O4. The van der Waals surface area contributed by atoms with E-state index in [9.17, 15) is 10.1 Å².